The molecule has 2 rings (SSSR count). The maximum atomic E-state index is 11.7. The fraction of sp³-hybridized carbons (Fsp3) is 0.364. The number of carbonyl (C=O) groups excluding carboxylic acids is 1. The van der Waals surface area contributed by atoms with Crippen molar-refractivity contribution in [1.29, 1.82) is 0 Å². The molecule has 14 heavy (non-hydrogen) atoms. The molecule has 0 bridgehead atoms. The Hall–Kier alpha value is -1.35. The van der Waals surface area contributed by atoms with Crippen molar-refractivity contribution in [3.63, 3.8) is 0 Å². The summed E-state index contributed by atoms with van der Waals surface area (Å²) in [6, 6.07) is 9.73. The van der Waals surface area contributed by atoms with E-state index < -0.39 is 0 Å². The second kappa shape index (κ2) is 4.24. The fourth-order valence-corrected chi connectivity index (χ4v) is 1.77. The molecule has 1 amide bonds. The van der Waals surface area contributed by atoms with Crippen LogP contribution >= 0.6 is 0 Å². The quantitative estimate of drug-likeness (QED) is 0.696. The molecule has 1 heterocycles. The maximum Gasteiger partial charge on any atom is 0.282 e. The number of hydrogen-bond acceptors (Lipinski definition) is 1. The molecule has 1 atom stereocenters. The van der Waals surface area contributed by atoms with Crippen LogP contribution < -0.4 is 10.6 Å². The Bertz CT molecular complexity index is 304. The van der Waals surface area contributed by atoms with Crippen LogP contribution in [0.15, 0.2) is 30.3 Å². The van der Waals surface area contributed by atoms with Gasteiger partial charge in [0.1, 0.15) is 0 Å². The Morgan fingerprint density at radius 3 is 2.79 bits per heavy atom. The molecule has 74 valence electrons. The fourth-order valence-electron chi connectivity index (χ4n) is 1.77. The van der Waals surface area contributed by atoms with E-state index in [0.29, 0.717) is 0 Å². The van der Waals surface area contributed by atoms with Crippen LogP contribution in [-0.2, 0) is 4.79 Å². The van der Waals surface area contributed by atoms with Gasteiger partial charge in [0.05, 0.1) is 6.54 Å². The van der Waals surface area contributed by atoms with Crippen molar-refractivity contribution < 1.29 is 10.1 Å². The molecule has 3 heteroatoms. The predicted octanol–water partition coefficient (Wildman–Crippen LogP) is 0.351. The number of amides is 1. The number of carbonyl (C=O) groups is 1. The summed E-state index contributed by atoms with van der Waals surface area (Å²) < 4.78 is 0. The second-order valence-corrected chi connectivity index (χ2v) is 3.63. The van der Waals surface area contributed by atoms with Gasteiger partial charge in [-0.15, -0.1) is 0 Å². The number of benzene rings is 1. The molecule has 0 saturated carbocycles. The molecule has 1 aromatic rings. The van der Waals surface area contributed by atoms with E-state index in [1.54, 1.807) is 0 Å². The second-order valence-electron chi connectivity index (χ2n) is 3.63. The van der Waals surface area contributed by atoms with Crippen LogP contribution in [0.1, 0.15) is 12.8 Å². The van der Waals surface area contributed by atoms with E-state index in [1.807, 2.05) is 30.3 Å². The lowest BCUT2D eigenvalue weighted by atomic mass is 10.2. The SMILES string of the molecule is O=C(Nc1ccccc1)[C@@H]1CCC[NH2+]1. The van der Waals surface area contributed by atoms with Gasteiger partial charge in [0.25, 0.3) is 5.91 Å². The topological polar surface area (TPSA) is 45.7 Å². The first-order valence-corrected chi connectivity index (χ1v) is 5.05. The monoisotopic (exact) mass is 191 g/mol. The number of para-hydroxylation sites is 1. The molecule has 0 spiro atoms. The van der Waals surface area contributed by atoms with Crippen LogP contribution in [0, 0.1) is 0 Å². The van der Waals surface area contributed by atoms with E-state index in [4.69, 9.17) is 0 Å². The average molecular weight is 191 g/mol. The van der Waals surface area contributed by atoms with Gasteiger partial charge in [0.15, 0.2) is 6.04 Å². The van der Waals surface area contributed by atoms with E-state index >= 15 is 0 Å². The molecule has 0 aliphatic carbocycles. The van der Waals surface area contributed by atoms with Crippen LogP contribution in [0.3, 0.4) is 0 Å². The number of hydrogen-bond donors (Lipinski definition) is 2. The standard InChI is InChI=1S/C11H14N2O/c14-11(10-7-4-8-12-10)13-9-5-2-1-3-6-9/h1-3,5-6,10,12H,4,7-8H2,(H,13,14)/p+1/t10-/m0/s1. The van der Waals surface area contributed by atoms with Gasteiger partial charge in [-0.2, -0.15) is 0 Å². The van der Waals surface area contributed by atoms with Gasteiger partial charge in [-0.25, -0.2) is 0 Å². The molecule has 3 nitrogen and oxygen atoms in total. The lowest BCUT2D eigenvalue weighted by molar-refractivity contribution is -0.656. The number of anilines is 1. The first kappa shape index (κ1) is 9.21. The highest BCUT2D eigenvalue weighted by Crippen LogP contribution is 2.07. The van der Waals surface area contributed by atoms with Gasteiger partial charge >= 0.3 is 0 Å². The Kier molecular flexibility index (Phi) is 2.79. The minimum absolute atomic E-state index is 0.121. The van der Waals surface area contributed by atoms with Gasteiger partial charge in [0, 0.05) is 18.5 Å². The summed E-state index contributed by atoms with van der Waals surface area (Å²) in [6.45, 7) is 1.08. The lowest BCUT2D eigenvalue weighted by Crippen LogP contribution is -2.88. The third-order valence-corrected chi connectivity index (χ3v) is 2.55. The molecule has 1 aliphatic heterocycles. The summed E-state index contributed by atoms with van der Waals surface area (Å²) in [7, 11) is 0. The van der Waals surface area contributed by atoms with E-state index in [-0.39, 0.29) is 11.9 Å². The van der Waals surface area contributed by atoms with Crippen molar-refractivity contribution in [1.82, 2.24) is 0 Å². The molecule has 0 aromatic heterocycles. The molecule has 1 saturated heterocycles. The average Bonchev–Trinajstić information content (AvgIpc) is 2.72. The van der Waals surface area contributed by atoms with Crippen LogP contribution in [0.4, 0.5) is 5.69 Å². The third-order valence-electron chi connectivity index (χ3n) is 2.55. The third kappa shape index (κ3) is 2.12. The Labute approximate surface area is 83.5 Å². The van der Waals surface area contributed by atoms with E-state index in [0.717, 1.165) is 25.1 Å². The largest absolute Gasteiger partial charge is 0.336 e. The maximum absolute atomic E-state index is 11.7. The van der Waals surface area contributed by atoms with Crippen molar-refractivity contribution in [2.24, 2.45) is 0 Å². The summed E-state index contributed by atoms with van der Waals surface area (Å²) in [4.78, 5) is 11.7. The zero-order chi connectivity index (χ0) is 9.80. The van der Waals surface area contributed by atoms with E-state index in [1.165, 1.54) is 0 Å². The number of nitrogens with two attached hydrogens (primary N) is 1. The van der Waals surface area contributed by atoms with Gasteiger partial charge in [-0.1, -0.05) is 18.2 Å². The minimum atomic E-state index is 0.121. The van der Waals surface area contributed by atoms with E-state index in [2.05, 4.69) is 10.6 Å². The lowest BCUT2D eigenvalue weighted by Gasteiger charge is -2.07. The molecule has 1 aliphatic rings. The molecule has 1 fully saturated rings. The normalized spacial score (nSPS) is 20.7. The predicted molar refractivity (Wildman–Crippen MR) is 54.9 cm³/mol. The van der Waals surface area contributed by atoms with Crippen molar-refractivity contribution in [2.75, 3.05) is 11.9 Å². The van der Waals surface area contributed by atoms with Crippen molar-refractivity contribution in [3.05, 3.63) is 30.3 Å². The Balaban J connectivity index is 1.94. The van der Waals surface area contributed by atoms with Crippen LogP contribution in [0.2, 0.25) is 0 Å². The Morgan fingerprint density at radius 2 is 2.14 bits per heavy atom. The zero-order valence-electron chi connectivity index (χ0n) is 8.07. The van der Waals surface area contributed by atoms with Gasteiger partial charge in [-0.05, 0) is 12.1 Å². The summed E-state index contributed by atoms with van der Waals surface area (Å²) in [5.41, 5.74) is 0.887. The molecule has 0 radical (unpaired) electrons. The Morgan fingerprint density at radius 1 is 1.36 bits per heavy atom. The van der Waals surface area contributed by atoms with Crippen LogP contribution in [0.5, 0.6) is 0 Å². The molecular weight excluding hydrogens is 176 g/mol. The first-order valence-electron chi connectivity index (χ1n) is 5.05. The van der Waals surface area contributed by atoms with Gasteiger partial charge in [0.2, 0.25) is 0 Å². The first-order chi connectivity index (χ1) is 6.86. The molecule has 0 unspecified atom stereocenters. The summed E-state index contributed by atoms with van der Waals surface area (Å²) in [5.74, 6) is 0.133. The van der Waals surface area contributed by atoms with Crippen LogP contribution in [-0.4, -0.2) is 18.5 Å². The number of rotatable bonds is 2. The number of nitrogens with one attached hydrogen (secondary N) is 1. The van der Waals surface area contributed by atoms with E-state index in [9.17, 15) is 4.79 Å². The zero-order valence-corrected chi connectivity index (χ0v) is 8.07. The summed E-state index contributed by atoms with van der Waals surface area (Å²) >= 11 is 0. The van der Waals surface area contributed by atoms with Crippen molar-refractivity contribution >= 4 is 11.6 Å². The van der Waals surface area contributed by atoms with Crippen LogP contribution in [0.25, 0.3) is 0 Å². The highest BCUT2D eigenvalue weighted by atomic mass is 16.2. The highest BCUT2D eigenvalue weighted by Gasteiger charge is 2.25. The summed E-state index contributed by atoms with van der Waals surface area (Å²) in [5, 5.41) is 5.02. The smallest absolute Gasteiger partial charge is 0.282 e. The minimum Gasteiger partial charge on any atom is -0.336 e. The van der Waals surface area contributed by atoms with Crippen molar-refractivity contribution in [3.8, 4) is 0 Å². The van der Waals surface area contributed by atoms with Gasteiger partial charge < -0.3 is 10.6 Å². The molecule has 3 N–H and O–H groups in total. The summed E-state index contributed by atoms with van der Waals surface area (Å²) in [6.07, 6.45) is 2.14. The molecule has 1 aromatic carbocycles. The highest BCUT2D eigenvalue weighted by molar-refractivity contribution is 5.93. The number of quaternary nitrogens is 1. The molecular formula is C11H15N2O+. The van der Waals surface area contributed by atoms with Crippen molar-refractivity contribution in [2.45, 2.75) is 18.9 Å². The van der Waals surface area contributed by atoms with Gasteiger partial charge in [-0.3, -0.25) is 4.79 Å².